The first-order valence-electron chi connectivity index (χ1n) is 7.19. The summed E-state index contributed by atoms with van der Waals surface area (Å²) in [4.78, 5) is 25.6. The standard InChI is InChI=1S/C16H17NO4S2/c1-3-20-12-7-5-11(6-8-12)9-13-15(19)17(16(22)23-13)10-14(18)21-4-2/h5-9H,3-4,10H2,1-2H3/b13-9+. The molecule has 0 bridgehead atoms. The monoisotopic (exact) mass is 351 g/mol. The highest BCUT2D eigenvalue weighted by atomic mass is 32.2. The molecule has 1 aliphatic rings. The summed E-state index contributed by atoms with van der Waals surface area (Å²) in [5.74, 6) is 0.0348. The van der Waals surface area contributed by atoms with Gasteiger partial charge in [-0.15, -0.1) is 0 Å². The van der Waals surface area contributed by atoms with E-state index in [2.05, 4.69) is 0 Å². The van der Waals surface area contributed by atoms with Crippen LogP contribution in [0.4, 0.5) is 0 Å². The van der Waals surface area contributed by atoms with E-state index >= 15 is 0 Å². The van der Waals surface area contributed by atoms with Gasteiger partial charge in [0.05, 0.1) is 18.1 Å². The quantitative estimate of drug-likeness (QED) is 0.446. The fourth-order valence-corrected chi connectivity index (χ4v) is 3.21. The number of amides is 1. The molecule has 0 radical (unpaired) electrons. The topological polar surface area (TPSA) is 55.8 Å². The third-order valence-corrected chi connectivity index (χ3v) is 4.33. The molecular weight excluding hydrogens is 334 g/mol. The number of thiocarbonyl (C=S) groups is 1. The van der Waals surface area contributed by atoms with E-state index in [9.17, 15) is 9.59 Å². The van der Waals surface area contributed by atoms with E-state index in [4.69, 9.17) is 21.7 Å². The molecule has 0 aliphatic carbocycles. The highest BCUT2D eigenvalue weighted by Gasteiger charge is 2.33. The zero-order valence-corrected chi connectivity index (χ0v) is 14.5. The van der Waals surface area contributed by atoms with Gasteiger partial charge in [0.15, 0.2) is 0 Å². The fraction of sp³-hybridized carbons (Fsp3) is 0.312. The molecule has 2 rings (SSSR count). The lowest BCUT2D eigenvalue weighted by molar-refractivity contribution is -0.145. The van der Waals surface area contributed by atoms with Crippen LogP contribution in [0.1, 0.15) is 19.4 Å². The molecule has 5 nitrogen and oxygen atoms in total. The number of carbonyl (C=O) groups excluding carboxylic acids is 2. The first-order chi connectivity index (χ1) is 11.0. The Kier molecular flexibility index (Phi) is 6.18. The predicted molar refractivity (Wildman–Crippen MR) is 94.1 cm³/mol. The zero-order valence-electron chi connectivity index (χ0n) is 12.9. The van der Waals surface area contributed by atoms with Crippen LogP contribution in [0.5, 0.6) is 5.75 Å². The average Bonchev–Trinajstić information content (AvgIpc) is 2.77. The molecule has 1 fully saturated rings. The van der Waals surface area contributed by atoms with Gasteiger partial charge in [-0.05, 0) is 37.6 Å². The summed E-state index contributed by atoms with van der Waals surface area (Å²) in [6.45, 7) is 4.36. The van der Waals surface area contributed by atoms with Crippen LogP contribution in [-0.2, 0) is 14.3 Å². The zero-order chi connectivity index (χ0) is 16.8. The van der Waals surface area contributed by atoms with Gasteiger partial charge in [-0.2, -0.15) is 0 Å². The van der Waals surface area contributed by atoms with Gasteiger partial charge in [0.2, 0.25) is 0 Å². The molecule has 122 valence electrons. The highest BCUT2D eigenvalue weighted by molar-refractivity contribution is 8.26. The number of ether oxygens (including phenoxy) is 2. The van der Waals surface area contributed by atoms with Gasteiger partial charge in [-0.1, -0.05) is 36.1 Å². The van der Waals surface area contributed by atoms with Crippen molar-refractivity contribution in [2.45, 2.75) is 13.8 Å². The Labute approximate surface area is 144 Å². The first-order valence-corrected chi connectivity index (χ1v) is 8.41. The van der Waals surface area contributed by atoms with Crippen molar-refractivity contribution >= 4 is 46.3 Å². The van der Waals surface area contributed by atoms with Crippen molar-refractivity contribution in [2.24, 2.45) is 0 Å². The smallest absolute Gasteiger partial charge is 0.326 e. The van der Waals surface area contributed by atoms with Crippen molar-refractivity contribution in [2.75, 3.05) is 19.8 Å². The lowest BCUT2D eigenvalue weighted by Crippen LogP contribution is -2.34. The van der Waals surface area contributed by atoms with Gasteiger partial charge in [0, 0.05) is 0 Å². The van der Waals surface area contributed by atoms with Crippen molar-refractivity contribution in [1.29, 1.82) is 0 Å². The van der Waals surface area contributed by atoms with E-state index in [1.807, 2.05) is 31.2 Å². The summed E-state index contributed by atoms with van der Waals surface area (Å²) in [6.07, 6.45) is 1.75. The normalized spacial score (nSPS) is 16.1. The van der Waals surface area contributed by atoms with Crippen LogP contribution in [0, 0.1) is 0 Å². The SMILES string of the molecule is CCOC(=O)CN1C(=O)/C(=C\c2ccc(OCC)cc2)SC1=S. The molecular formula is C16H17NO4S2. The largest absolute Gasteiger partial charge is 0.494 e. The molecule has 0 N–H and O–H groups in total. The summed E-state index contributed by atoms with van der Waals surface area (Å²) in [7, 11) is 0. The lowest BCUT2D eigenvalue weighted by Gasteiger charge is -2.12. The Morgan fingerprint density at radius 3 is 2.57 bits per heavy atom. The number of hydrogen-bond donors (Lipinski definition) is 0. The minimum Gasteiger partial charge on any atom is -0.494 e. The van der Waals surface area contributed by atoms with Crippen molar-refractivity contribution in [3.05, 3.63) is 34.7 Å². The van der Waals surface area contributed by atoms with E-state index in [0.29, 0.717) is 15.8 Å². The number of nitrogens with zero attached hydrogens (tertiary/aromatic N) is 1. The molecule has 1 amide bonds. The Hall–Kier alpha value is -1.86. The predicted octanol–water partition coefficient (Wildman–Crippen LogP) is 2.85. The van der Waals surface area contributed by atoms with Gasteiger partial charge < -0.3 is 9.47 Å². The maximum absolute atomic E-state index is 12.3. The van der Waals surface area contributed by atoms with E-state index in [1.165, 1.54) is 16.7 Å². The van der Waals surface area contributed by atoms with E-state index < -0.39 is 5.97 Å². The van der Waals surface area contributed by atoms with Gasteiger partial charge in [-0.3, -0.25) is 14.5 Å². The number of thioether (sulfide) groups is 1. The van der Waals surface area contributed by atoms with Crippen molar-refractivity contribution < 1.29 is 19.1 Å². The molecule has 0 aromatic heterocycles. The van der Waals surface area contributed by atoms with Crippen LogP contribution in [-0.4, -0.2) is 40.9 Å². The second kappa shape index (κ2) is 8.12. The van der Waals surface area contributed by atoms with Crippen LogP contribution >= 0.6 is 24.0 Å². The van der Waals surface area contributed by atoms with Crippen LogP contribution in [0.3, 0.4) is 0 Å². The number of carbonyl (C=O) groups is 2. The molecule has 7 heteroatoms. The Balaban J connectivity index is 2.10. The first kappa shape index (κ1) is 17.5. The number of esters is 1. The van der Waals surface area contributed by atoms with Crippen molar-refractivity contribution in [3.63, 3.8) is 0 Å². The second-order valence-corrected chi connectivity index (χ2v) is 6.25. The number of benzene rings is 1. The Morgan fingerprint density at radius 2 is 1.96 bits per heavy atom. The molecule has 1 aromatic carbocycles. The summed E-state index contributed by atoms with van der Waals surface area (Å²) in [5, 5.41) is 0. The van der Waals surface area contributed by atoms with Gasteiger partial charge in [0.25, 0.3) is 5.91 Å². The maximum Gasteiger partial charge on any atom is 0.326 e. The Morgan fingerprint density at radius 1 is 1.26 bits per heavy atom. The summed E-state index contributed by atoms with van der Waals surface area (Å²) in [5.41, 5.74) is 0.866. The second-order valence-electron chi connectivity index (χ2n) is 4.57. The van der Waals surface area contributed by atoms with Crippen LogP contribution in [0.15, 0.2) is 29.2 Å². The molecule has 1 heterocycles. The van der Waals surface area contributed by atoms with Gasteiger partial charge in [-0.25, -0.2) is 0 Å². The molecule has 1 aliphatic heterocycles. The molecule has 23 heavy (non-hydrogen) atoms. The van der Waals surface area contributed by atoms with Crippen molar-refractivity contribution in [1.82, 2.24) is 4.90 Å². The molecule has 0 unspecified atom stereocenters. The minimum atomic E-state index is -0.467. The molecule has 0 spiro atoms. The molecule has 1 aromatic rings. The van der Waals surface area contributed by atoms with Crippen molar-refractivity contribution in [3.8, 4) is 5.75 Å². The Bertz CT molecular complexity index is 640. The minimum absolute atomic E-state index is 0.154. The number of hydrogen-bond acceptors (Lipinski definition) is 6. The van der Waals surface area contributed by atoms with Crippen LogP contribution < -0.4 is 4.74 Å². The summed E-state index contributed by atoms with van der Waals surface area (Å²) >= 11 is 6.35. The third kappa shape index (κ3) is 4.56. The van der Waals surface area contributed by atoms with E-state index in [1.54, 1.807) is 13.0 Å². The molecule has 0 atom stereocenters. The maximum atomic E-state index is 12.3. The van der Waals surface area contributed by atoms with Gasteiger partial charge in [0.1, 0.15) is 16.6 Å². The summed E-state index contributed by atoms with van der Waals surface area (Å²) < 4.78 is 10.6. The van der Waals surface area contributed by atoms with E-state index in [0.717, 1.165) is 11.3 Å². The molecule has 1 saturated heterocycles. The fourth-order valence-electron chi connectivity index (χ4n) is 1.95. The van der Waals surface area contributed by atoms with Crippen LogP contribution in [0.25, 0.3) is 6.08 Å². The summed E-state index contributed by atoms with van der Waals surface area (Å²) in [6, 6.07) is 7.41. The average molecular weight is 351 g/mol. The highest BCUT2D eigenvalue weighted by Crippen LogP contribution is 2.32. The number of rotatable bonds is 6. The third-order valence-electron chi connectivity index (χ3n) is 2.95. The van der Waals surface area contributed by atoms with Gasteiger partial charge >= 0.3 is 5.97 Å². The lowest BCUT2D eigenvalue weighted by atomic mass is 10.2. The van der Waals surface area contributed by atoms with E-state index in [-0.39, 0.29) is 19.1 Å². The molecule has 0 saturated carbocycles. The van der Waals surface area contributed by atoms with Crippen LogP contribution in [0.2, 0.25) is 0 Å².